The Bertz CT molecular complexity index is 571. The van der Waals surface area contributed by atoms with E-state index in [4.69, 9.17) is 9.26 Å². The molecule has 0 fully saturated rings. The molecule has 0 radical (unpaired) electrons. The Morgan fingerprint density at radius 3 is 2.62 bits per heavy atom. The maximum absolute atomic E-state index is 5.74. The summed E-state index contributed by atoms with van der Waals surface area (Å²) in [7, 11) is 0. The van der Waals surface area contributed by atoms with E-state index in [1.165, 1.54) is 5.56 Å². The topological polar surface area (TPSA) is 47.3 Å². The molecule has 1 N–H and O–H groups in total. The molecule has 2 rings (SSSR count). The SMILES string of the molecule is Cc1noc(C)c1CNC(C)c1cccc(OC(C)C)c1. The summed E-state index contributed by atoms with van der Waals surface area (Å²) >= 11 is 0. The van der Waals surface area contributed by atoms with Gasteiger partial charge in [-0.2, -0.15) is 0 Å². The molecule has 0 amide bonds. The molecule has 0 aliphatic carbocycles. The molecule has 0 spiro atoms. The van der Waals surface area contributed by atoms with Crippen molar-refractivity contribution in [1.29, 1.82) is 0 Å². The molecule has 0 aliphatic rings. The summed E-state index contributed by atoms with van der Waals surface area (Å²) in [6.07, 6.45) is 0.186. The second-order valence-electron chi connectivity index (χ2n) is 5.64. The third-order valence-electron chi connectivity index (χ3n) is 3.50. The molecule has 0 aliphatic heterocycles. The molecule has 0 saturated carbocycles. The van der Waals surface area contributed by atoms with E-state index in [1.807, 2.05) is 39.8 Å². The van der Waals surface area contributed by atoms with Gasteiger partial charge in [0, 0.05) is 18.2 Å². The van der Waals surface area contributed by atoms with Crippen molar-refractivity contribution in [2.24, 2.45) is 0 Å². The first kappa shape index (κ1) is 15.6. The number of aryl methyl sites for hydroxylation is 2. The Balaban J connectivity index is 2.01. The summed E-state index contributed by atoms with van der Waals surface area (Å²) in [6.45, 7) is 10.9. The average Bonchev–Trinajstić information content (AvgIpc) is 2.75. The predicted molar refractivity (Wildman–Crippen MR) is 83.4 cm³/mol. The van der Waals surface area contributed by atoms with E-state index in [-0.39, 0.29) is 12.1 Å². The van der Waals surface area contributed by atoms with Crippen molar-refractivity contribution in [3.05, 3.63) is 46.8 Å². The lowest BCUT2D eigenvalue weighted by molar-refractivity contribution is 0.242. The van der Waals surface area contributed by atoms with Gasteiger partial charge in [-0.1, -0.05) is 17.3 Å². The molecule has 0 bridgehead atoms. The largest absolute Gasteiger partial charge is 0.491 e. The van der Waals surface area contributed by atoms with E-state index in [2.05, 4.69) is 29.5 Å². The van der Waals surface area contributed by atoms with Gasteiger partial charge in [-0.15, -0.1) is 0 Å². The number of hydrogen-bond donors (Lipinski definition) is 1. The lowest BCUT2D eigenvalue weighted by Crippen LogP contribution is -2.19. The summed E-state index contributed by atoms with van der Waals surface area (Å²) in [5, 5.41) is 7.49. The minimum atomic E-state index is 0.186. The second kappa shape index (κ2) is 6.76. The minimum absolute atomic E-state index is 0.186. The molecule has 4 heteroatoms. The van der Waals surface area contributed by atoms with Crippen molar-refractivity contribution in [3.63, 3.8) is 0 Å². The Labute approximate surface area is 126 Å². The molecule has 2 aromatic rings. The number of benzene rings is 1. The van der Waals surface area contributed by atoms with E-state index in [0.29, 0.717) is 0 Å². The summed E-state index contributed by atoms with van der Waals surface area (Å²) < 4.78 is 10.9. The van der Waals surface area contributed by atoms with Gasteiger partial charge in [-0.05, 0) is 52.3 Å². The van der Waals surface area contributed by atoms with Gasteiger partial charge >= 0.3 is 0 Å². The smallest absolute Gasteiger partial charge is 0.138 e. The van der Waals surface area contributed by atoms with Crippen molar-refractivity contribution in [1.82, 2.24) is 10.5 Å². The first-order valence-electron chi connectivity index (χ1n) is 7.39. The minimum Gasteiger partial charge on any atom is -0.491 e. The van der Waals surface area contributed by atoms with Crippen LogP contribution in [0.5, 0.6) is 5.75 Å². The van der Waals surface area contributed by atoms with Crippen LogP contribution >= 0.6 is 0 Å². The highest BCUT2D eigenvalue weighted by atomic mass is 16.5. The second-order valence-corrected chi connectivity index (χ2v) is 5.64. The number of rotatable bonds is 6. The molecule has 0 saturated heterocycles. The Morgan fingerprint density at radius 2 is 2.00 bits per heavy atom. The fourth-order valence-electron chi connectivity index (χ4n) is 2.26. The monoisotopic (exact) mass is 288 g/mol. The van der Waals surface area contributed by atoms with Crippen molar-refractivity contribution < 1.29 is 9.26 Å². The van der Waals surface area contributed by atoms with Gasteiger partial charge in [0.2, 0.25) is 0 Å². The molecular formula is C17H24N2O2. The van der Waals surface area contributed by atoms with Gasteiger partial charge in [-0.3, -0.25) is 0 Å². The van der Waals surface area contributed by atoms with Crippen molar-refractivity contribution >= 4 is 0 Å². The fourth-order valence-corrected chi connectivity index (χ4v) is 2.26. The Hall–Kier alpha value is -1.81. The lowest BCUT2D eigenvalue weighted by atomic mass is 10.1. The number of ether oxygens (including phenoxy) is 1. The molecule has 1 heterocycles. The van der Waals surface area contributed by atoms with Crippen LogP contribution in [0.4, 0.5) is 0 Å². The molecule has 1 aromatic heterocycles. The fraction of sp³-hybridized carbons (Fsp3) is 0.471. The highest BCUT2D eigenvalue weighted by Gasteiger charge is 2.11. The normalized spacial score (nSPS) is 12.7. The van der Waals surface area contributed by atoms with Crippen LogP contribution in [-0.2, 0) is 6.54 Å². The molecule has 4 nitrogen and oxygen atoms in total. The summed E-state index contributed by atoms with van der Waals surface area (Å²) in [6, 6.07) is 8.45. The molecule has 1 atom stereocenters. The average molecular weight is 288 g/mol. The zero-order valence-electron chi connectivity index (χ0n) is 13.4. The van der Waals surface area contributed by atoms with Gasteiger partial charge in [0.1, 0.15) is 11.5 Å². The van der Waals surface area contributed by atoms with Crippen LogP contribution in [0.2, 0.25) is 0 Å². The standard InChI is InChI=1S/C17H24N2O2/c1-11(2)20-16-8-6-7-15(9-16)12(3)18-10-17-13(4)19-21-14(17)5/h6-9,11-12,18H,10H2,1-5H3. The highest BCUT2D eigenvalue weighted by Crippen LogP contribution is 2.21. The molecule has 1 unspecified atom stereocenters. The third-order valence-corrected chi connectivity index (χ3v) is 3.50. The van der Waals surface area contributed by atoms with E-state index >= 15 is 0 Å². The van der Waals surface area contributed by atoms with Crippen LogP contribution in [0.1, 0.15) is 49.4 Å². The van der Waals surface area contributed by atoms with Gasteiger partial charge in [0.25, 0.3) is 0 Å². The Morgan fingerprint density at radius 1 is 1.24 bits per heavy atom. The van der Waals surface area contributed by atoms with E-state index in [0.717, 1.165) is 29.3 Å². The van der Waals surface area contributed by atoms with Crippen LogP contribution in [0.25, 0.3) is 0 Å². The van der Waals surface area contributed by atoms with Crippen LogP contribution in [-0.4, -0.2) is 11.3 Å². The van der Waals surface area contributed by atoms with Crippen LogP contribution < -0.4 is 10.1 Å². The molecule has 1 aromatic carbocycles. The predicted octanol–water partition coefficient (Wildman–Crippen LogP) is 3.93. The van der Waals surface area contributed by atoms with E-state index in [1.54, 1.807) is 0 Å². The van der Waals surface area contributed by atoms with Crippen LogP contribution in [0.15, 0.2) is 28.8 Å². The molecule has 114 valence electrons. The third kappa shape index (κ3) is 4.08. The van der Waals surface area contributed by atoms with Gasteiger partial charge in [0.15, 0.2) is 0 Å². The van der Waals surface area contributed by atoms with Gasteiger partial charge in [0.05, 0.1) is 11.8 Å². The van der Waals surface area contributed by atoms with Crippen LogP contribution in [0, 0.1) is 13.8 Å². The summed E-state index contributed by atoms with van der Waals surface area (Å²) in [4.78, 5) is 0. The number of hydrogen-bond acceptors (Lipinski definition) is 4. The lowest BCUT2D eigenvalue weighted by Gasteiger charge is -2.16. The number of nitrogens with one attached hydrogen (secondary N) is 1. The zero-order valence-corrected chi connectivity index (χ0v) is 13.4. The summed E-state index contributed by atoms with van der Waals surface area (Å²) in [5.74, 6) is 1.79. The Kier molecular flexibility index (Phi) is 5.02. The number of aromatic nitrogens is 1. The highest BCUT2D eigenvalue weighted by molar-refractivity contribution is 5.30. The van der Waals surface area contributed by atoms with Crippen LogP contribution in [0.3, 0.4) is 0 Å². The molecular weight excluding hydrogens is 264 g/mol. The maximum atomic E-state index is 5.74. The maximum Gasteiger partial charge on any atom is 0.138 e. The zero-order chi connectivity index (χ0) is 15.4. The quantitative estimate of drug-likeness (QED) is 0.875. The van der Waals surface area contributed by atoms with Crippen molar-refractivity contribution in [3.8, 4) is 5.75 Å². The number of nitrogens with zero attached hydrogens (tertiary/aromatic N) is 1. The van der Waals surface area contributed by atoms with Gasteiger partial charge in [-0.25, -0.2) is 0 Å². The first-order chi connectivity index (χ1) is 9.97. The van der Waals surface area contributed by atoms with Gasteiger partial charge < -0.3 is 14.6 Å². The van der Waals surface area contributed by atoms with E-state index < -0.39 is 0 Å². The van der Waals surface area contributed by atoms with E-state index in [9.17, 15) is 0 Å². The van der Waals surface area contributed by atoms with Crippen molar-refractivity contribution in [2.45, 2.75) is 53.3 Å². The van der Waals surface area contributed by atoms with Crippen molar-refractivity contribution in [2.75, 3.05) is 0 Å². The first-order valence-corrected chi connectivity index (χ1v) is 7.39. The molecule has 21 heavy (non-hydrogen) atoms. The summed E-state index contributed by atoms with van der Waals surface area (Å²) in [5.41, 5.74) is 3.29.